The number of hydrogen-bond acceptors (Lipinski definition) is 4. The molecule has 1 aromatic heterocycles. The first kappa shape index (κ1) is 13.9. The van der Waals surface area contributed by atoms with Crippen LogP contribution in [-0.2, 0) is 4.74 Å². The molecule has 0 amide bonds. The van der Waals surface area contributed by atoms with Crippen molar-refractivity contribution in [3.63, 3.8) is 0 Å². The Kier molecular flexibility index (Phi) is 4.10. The summed E-state index contributed by atoms with van der Waals surface area (Å²) >= 11 is 0. The normalized spacial score (nSPS) is 16.6. The fraction of sp³-hybridized carbons (Fsp3) is 0.438. The minimum atomic E-state index is 0.187. The van der Waals surface area contributed by atoms with Crippen LogP contribution >= 0.6 is 0 Å². The standard InChI is InChI=1S/C16H21N3O2/c1-12-10-19(16(18-12)17-8-5-9-20-2)14-11-21-15-7-4-3-6-13(14)15/h3-4,6-7,10,14H,5,8-9,11H2,1-2H3,(H,17,18). The third kappa shape index (κ3) is 2.88. The Labute approximate surface area is 124 Å². The third-order valence-electron chi connectivity index (χ3n) is 3.67. The first-order valence-electron chi connectivity index (χ1n) is 7.29. The van der Waals surface area contributed by atoms with Gasteiger partial charge < -0.3 is 19.4 Å². The summed E-state index contributed by atoms with van der Waals surface area (Å²) in [6.07, 6.45) is 3.04. The average molecular weight is 287 g/mol. The lowest BCUT2D eigenvalue weighted by molar-refractivity contribution is 0.197. The molecular weight excluding hydrogens is 266 g/mol. The summed E-state index contributed by atoms with van der Waals surface area (Å²) in [7, 11) is 1.72. The number of imidazole rings is 1. The number of aryl methyl sites for hydroxylation is 1. The molecule has 2 aromatic rings. The highest BCUT2D eigenvalue weighted by Crippen LogP contribution is 2.36. The van der Waals surface area contributed by atoms with Gasteiger partial charge in [-0.05, 0) is 19.4 Å². The predicted molar refractivity (Wildman–Crippen MR) is 82.0 cm³/mol. The van der Waals surface area contributed by atoms with Gasteiger partial charge in [-0.15, -0.1) is 0 Å². The smallest absolute Gasteiger partial charge is 0.203 e. The van der Waals surface area contributed by atoms with Crippen molar-refractivity contribution in [1.82, 2.24) is 9.55 Å². The quantitative estimate of drug-likeness (QED) is 0.830. The maximum absolute atomic E-state index is 5.78. The van der Waals surface area contributed by atoms with Gasteiger partial charge in [0.05, 0.1) is 11.7 Å². The number of benzene rings is 1. The highest BCUT2D eigenvalue weighted by molar-refractivity contribution is 5.42. The molecule has 0 radical (unpaired) electrons. The molecule has 1 aliphatic rings. The number of fused-ring (bicyclic) bond motifs is 1. The van der Waals surface area contributed by atoms with Gasteiger partial charge in [-0.25, -0.2) is 4.98 Å². The van der Waals surface area contributed by atoms with Crippen LogP contribution in [0, 0.1) is 6.92 Å². The molecule has 5 nitrogen and oxygen atoms in total. The molecule has 1 aliphatic heterocycles. The molecular formula is C16H21N3O2. The second kappa shape index (κ2) is 6.18. The Bertz CT molecular complexity index is 609. The molecule has 1 aromatic carbocycles. The highest BCUT2D eigenvalue weighted by Gasteiger charge is 2.27. The van der Waals surface area contributed by atoms with Crippen LogP contribution in [0.3, 0.4) is 0 Å². The summed E-state index contributed by atoms with van der Waals surface area (Å²) in [5.41, 5.74) is 2.23. The largest absolute Gasteiger partial charge is 0.491 e. The van der Waals surface area contributed by atoms with Crippen molar-refractivity contribution < 1.29 is 9.47 Å². The maximum Gasteiger partial charge on any atom is 0.203 e. The van der Waals surface area contributed by atoms with E-state index in [4.69, 9.17) is 9.47 Å². The molecule has 0 spiro atoms. The monoisotopic (exact) mass is 287 g/mol. The minimum absolute atomic E-state index is 0.187. The van der Waals surface area contributed by atoms with Crippen LogP contribution in [-0.4, -0.2) is 36.4 Å². The van der Waals surface area contributed by atoms with Gasteiger partial charge in [-0.1, -0.05) is 18.2 Å². The molecule has 0 saturated heterocycles. The zero-order chi connectivity index (χ0) is 14.7. The summed E-state index contributed by atoms with van der Waals surface area (Å²) in [6.45, 7) is 4.27. The van der Waals surface area contributed by atoms with E-state index in [1.165, 1.54) is 5.56 Å². The highest BCUT2D eigenvalue weighted by atomic mass is 16.5. The van der Waals surface area contributed by atoms with Crippen LogP contribution < -0.4 is 10.1 Å². The topological polar surface area (TPSA) is 48.3 Å². The van der Waals surface area contributed by atoms with Crippen molar-refractivity contribution in [1.29, 1.82) is 0 Å². The molecule has 0 aliphatic carbocycles. The van der Waals surface area contributed by atoms with Crippen molar-refractivity contribution in [3.8, 4) is 5.75 Å². The van der Waals surface area contributed by atoms with Crippen LogP contribution in [0.25, 0.3) is 0 Å². The van der Waals surface area contributed by atoms with Crippen LogP contribution in [0.4, 0.5) is 5.95 Å². The zero-order valence-corrected chi connectivity index (χ0v) is 12.5. The minimum Gasteiger partial charge on any atom is -0.491 e. The lowest BCUT2D eigenvalue weighted by atomic mass is 10.1. The molecule has 3 rings (SSSR count). The van der Waals surface area contributed by atoms with Crippen LogP contribution in [0.15, 0.2) is 30.5 Å². The summed E-state index contributed by atoms with van der Waals surface area (Å²) in [4.78, 5) is 4.58. The number of para-hydroxylation sites is 1. The predicted octanol–water partition coefficient (Wildman–Crippen LogP) is 2.62. The van der Waals surface area contributed by atoms with Gasteiger partial charge in [-0.2, -0.15) is 0 Å². The SMILES string of the molecule is COCCCNc1nc(C)cn1C1COc2ccccc21. The third-order valence-corrected chi connectivity index (χ3v) is 3.67. The first-order valence-corrected chi connectivity index (χ1v) is 7.29. The Balaban J connectivity index is 1.79. The number of hydrogen-bond donors (Lipinski definition) is 1. The summed E-state index contributed by atoms with van der Waals surface area (Å²) < 4.78 is 13.0. The average Bonchev–Trinajstić information content (AvgIpc) is 3.07. The summed E-state index contributed by atoms with van der Waals surface area (Å²) in [5, 5.41) is 3.39. The summed E-state index contributed by atoms with van der Waals surface area (Å²) in [5.74, 6) is 1.87. The second-order valence-corrected chi connectivity index (χ2v) is 5.25. The van der Waals surface area contributed by atoms with Crippen LogP contribution in [0.5, 0.6) is 5.75 Å². The van der Waals surface area contributed by atoms with Gasteiger partial charge in [-0.3, -0.25) is 0 Å². The van der Waals surface area contributed by atoms with E-state index in [0.29, 0.717) is 6.61 Å². The Morgan fingerprint density at radius 1 is 1.43 bits per heavy atom. The van der Waals surface area contributed by atoms with Crippen molar-refractivity contribution in [2.45, 2.75) is 19.4 Å². The number of nitrogens with one attached hydrogen (secondary N) is 1. The maximum atomic E-state index is 5.78. The Morgan fingerprint density at radius 2 is 2.29 bits per heavy atom. The lowest BCUT2D eigenvalue weighted by Gasteiger charge is -2.15. The summed E-state index contributed by atoms with van der Waals surface area (Å²) in [6, 6.07) is 8.38. The van der Waals surface area contributed by atoms with Gasteiger partial charge >= 0.3 is 0 Å². The molecule has 1 atom stereocenters. The molecule has 0 saturated carbocycles. The Hall–Kier alpha value is -2.01. The molecule has 21 heavy (non-hydrogen) atoms. The Morgan fingerprint density at radius 3 is 3.14 bits per heavy atom. The van der Waals surface area contributed by atoms with Crippen molar-refractivity contribution in [2.24, 2.45) is 0 Å². The van der Waals surface area contributed by atoms with E-state index < -0.39 is 0 Å². The molecule has 1 unspecified atom stereocenters. The van der Waals surface area contributed by atoms with E-state index in [-0.39, 0.29) is 6.04 Å². The molecule has 2 heterocycles. The van der Waals surface area contributed by atoms with Gasteiger partial charge in [0.1, 0.15) is 12.4 Å². The van der Waals surface area contributed by atoms with E-state index in [0.717, 1.165) is 37.0 Å². The van der Waals surface area contributed by atoms with Crippen molar-refractivity contribution >= 4 is 5.95 Å². The molecule has 5 heteroatoms. The number of nitrogens with zero attached hydrogens (tertiary/aromatic N) is 2. The van der Waals surface area contributed by atoms with Gasteiger partial charge in [0.15, 0.2) is 0 Å². The van der Waals surface area contributed by atoms with E-state index >= 15 is 0 Å². The van der Waals surface area contributed by atoms with Gasteiger partial charge in [0.25, 0.3) is 0 Å². The molecule has 0 fully saturated rings. The number of rotatable bonds is 6. The molecule has 1 N–H and O–H groups in total. The fourth-order valence-corrected chi connectivity index (χ4v) is 2.68. The number of anilines is 1. The second-order valence-electron chi connectivity index (χ2n) is 5.25. The fourth-order valence-electron chi connectivity index (χ4n) is 2.68. The van der Waals surface area contributed by atoms with Crippen molar-refractivity contribution in [2.75, 3.05) is 32.2 Å². The van der Waals surface area contributed by atoms with E-state index in [2.05, 4.69) is 33.2 Å². The molecule has 0 bridgehead atoms. The van der Waals surface area contributed by atoms with Crippen LogP contribution in [0.1, 0.15) is 23.7 Å². The first-order chi connectivity index (χ1) is 10.3. The molecule has 112 valence electrons. The van der Waals surface area contributed by atoms with E-state index in [1.807, 2.05) is 19.1 Å². The van der Waals surface area contributed by atoms with Gasteiger partial charge in [0.2, 0.25) is 5.95 Å². The van der Waals surface area contributed by atoms with E-state index in [9.17, 15) is 0 Å². The van der Waals surface area contributed by atoms with Crippen molar-refractivity contribution in [3.05, 3.63) is 41.7 Å². The van der Waals surface area contributed by atoms with Crippen LogP contribution in [0.2, 0.25) is 0 Å². The number of methoxy groups -OCH3 is 1. The van der Waals surface area contributed by atoms with E-state index in [1.54, 1.807) is 7.11 Å². The number of ether oxygens (including phenoxy) is 2. The zero-order valence-electron chi connectivity index (χ0n) is 12.5. The number of aromatic nitrogens is 2. The van der Waals surface area contributed by atoms with Gasteiger partial charge in [0, 0.05) is 32.0 Å². The lowest BCUT2D eigenvalue weighted by Crippen LogP contribution is -2.16.